The summed E-state index contributed by atoms with van der Waals surface area (Å²) in [5.74, 6) is 0.409. The van der Waals surface area contributed by atoms with E-state index in [9.17, 15) is 9.59 Å². The van der Waals surface area contributed by atoms with Gasteiger partial charge >= 0.3 is 5.97 Å². The van der Waals surface area contributed by atoms with E-state index in [1.807, 2.05) is 24.3 Å². The van der Waals surface area contributed by atoms with Crippen LogP contribution in [0.2, 0.25) is 0 Å². The SMILES string of the molecule is CCOC(=O)c1c(NC(=O)CSc2ccc(Br)cc2)sc2c1CC[C@H](C(C)(C)C)C2. The normalized spacial score (nSPS) is 16.1. The molecule has 1 aromatic carbocycles. The largest absolute Gasteiger partial charge is 0.462 e. The number of carbonyl (C=O) groups is 2. The Morgan fingerprint density at radius 2 is 1.97 bits per heavy atom. The number of halogens is 1. The Hall–Kier alpha value is -1.31. The van der Waals surface area contributed by atoms with Crippen molar-refractivity contribution in [3.63, 3.8) is 0 Å². The van der Waals surface area contributed by atoms with Gasteiger partial charge in [-0.25, -0.2) is 4.79 Å². The van der Waals surface area contributed by atoms with Crippen molar-refractivity contribution in [1.82, 2.24) is 0 Å². The third-order valence-electron chi connectivity index (χ3n) is 5.41. The molecule has 0 aliphatic heterocycles. The Bertz CT molecular complexity index is 916. The molecule has 0 saturated carbocycles. The van der Waals surface area contributed by atoms with Gasteiger partial charge in [-0.2, -0.15) is 0 Å². The summed E-state index contributed by atoms with van der Waals surface area (Å²) < 4.78 is 6.32. The van der Waals surface area contributed by atoms with E-state index in [-0.39, 0.29) is 23.0 Å². The maximum absolute atomic E-state index is 12.7. The minimum atomic E-state index is -0.333. The van der Waals surface area contributed by atoms with Crippen molar-refractivity contribution < 1.29 is 14.3 Å². The first-order valence-corrected chi connectivity index (χ1v) is 12.8. The molecule has 1 amide bonds. The third-order valence-corrected chi connectivity index (χ3v) is 8.12. The van der Waals surface area contributed by atoms with Gasteiger partial charge in [0.25, 0.3) is 0 Å². The number of benzene rings is 1. The molecule has 1 aliphatic carbocycles. The van der Waals surface area contributed by atoms with Crippen LogP contribution in [0.1, 0.15) is 54.9 Å². The molecule has 162 valence electrons. The van der Waals surface area contributed by atoms with Crippen LogP contribution < -0.4 is 5.32 Å². The summed E-state index contributed by atoms with van der Waals surface area (Å²) in [6, 6.07) is 7.86. The van der Waals surface area contributed by atoms with Crippen LogP contribution in [0.4, 0.5) is 5.00 Å². The zero-order valence-corrected chi connectivity index (χ0v) is 21.1. The lowest BCUT2D eigenvalue weighted by Gasteiger charge is -2.33. The molecule has 1 atom stereocenters. The Morgan fingerprint density at radius 1 is 1.27 bits per heavy atom. The van der Waals surface area contributed by atoms with Gasteiger partial charge in [0, 0.05) is 14.2 Å². The molecule has 0 radical (unpaired) electrons. The van der Waals surface area contributed by atoms with Crippen LogP contribution in [-0.2, 0) is 22.4 Å². The van der Waals surface area contributed by atoms with Crippen LogP contribution >= 0.6 is 39.0 Å². The number of fused-ring (bicyclic) bond motifs is 1. The fourth-order valence-corrected chi connectivity index (χ4v) is 5.97. The van der Waals surface area contributed by atoms with E-state index in [4.69, 9.17) is 4.74 Å². The van der Waals surface area contributed by atoms with Gasteiger partial charge in [0.05, 0.1) is 17.9 Å². The van der Waals surface area contributed by atoms with Crippen LogP contribution in [0.5, 0.6) is 0 Å². The lowest BCUT2D eigenvalue weighted by atomic mass is 9.72. The molecule has 0 bridgehead atoms. The molecular formula is C23H28BrNO3S2. The maximum atomic E-state index is 12.7. The number of nitrogens with one attached hydrogen (secondary N) is 1. The van der Waals surface area contributed by atoms with E-state index in [1.165, 1.54) is 28.0 Å². The lowest BCUT2D eigenvalue weighted by Crippen LogP contribution is -2.26. The zero-order chi connectivity index (χ0) is 21.9. The van der Waals surface area contributed by atoms with Crippen molar-refractivity contribution in [2.45, 2.75) is 51.9 Å². The highest BCUT2D eigenvalue weighted by atomic mass is 79.9. The average molecular weight is 511 g/mol. The number of esters is 1. The monoisotopic (exact) mass is 509 g/mol. The highest BCUT2D eigenvalue weighted by molar-refractivity contribution is 9.10. The number of rotatable bonds is 6. The number of carbonyl (C=O) groups excluding carboxylic acids is 2. The second kappa shape index (κ2) is 9.88. The number of ether oxygens (including phenoxy) is 1. The molecule has 0 fully saturated rings. The summed E-state index contributed by atoms with van der Waals surface area (Å²) in [5.41, 5.74) is 1.84. The maximum Gasteiger partial charge on any atom is 0.341 e. The predicted molar refractivity (Wildman–Crippen MR) is 129 cm³/mol. The van der Waals surface area contributed by atoms with Crippen molar-refractivity contribution in [2.24, 2.45) is 11.3 Å². The molecule has 3 rings (SSSR count). The molecule has 2 aromatic rings. The van der Waals surface area contributed by atoms with Gasteiger partial charge in [-0.1, -0.05) is 36.7 Å². The Labute approximate surface area is 195 Å². The Kier molecular flexibility index (Phi) is 7.69. The second-order valence-corrected chi connectivity index (χ2v) is 11.6. The molecule has 4 nitrogen and oxygen atoms in total. The van der Waals surface area contributed by atoms with E-state index in [2.05, 4.69) is 42.0 Å². The lowest BCUT2D eigenvalue weighted by molar-refractivity contribution is -0.113. The summed E-state index contributed by atoms with van der Waals surface area (Å²) in [4.78, 5) is 27.6. The molecule has 0 spiro atoms. The minimum absolute atomic E-state index is 0.112. The molecule has 1 heterocycles. The molecule has 0 unspecified atom stereocenters. The van der Waals surface area contributed by atoms with Gasteiger partial charge in [-0.05, 0) is 67.3 Å². The molecule has 1 N–H and O–H groups in total. The number of thiophene rings is 1. The summed E-state index contributed by atoms with van der Waals surface area (Å²) in [7, 11) is 0. The van der Waals surface area contributed by atoms with Gasteiger partial charge in [0.1, 0.15) is 5.00 Å². The third kappa shape index (κ3) is 5.68. The quantitative estimate of drug-likeness (QED) is 0.353. The molecule has 7 heteroatoms. The van der Waals surface area contributed by atoms with Crippen molar-refractivity contribution in [3.8, 4) is 0 Å². The van der Waals surface area contributed by atoms with Gasteiger partial charge in [-0.3, -0.25) is 4.79 Å². The number of anilines is 1. The summed E-state index contributed by atoms with van der Waals surface area (Å²) in [6.07, 6.45) is 2.84. The Balaban J connectivity index is 1.77. The fraction of sp³-hybridized carbons (Fsp3) is 0.478. The van der Waals surface area contributed by atoms with Crippen molar-refractivity contribution >= 4 is 55.9 Å². The number of amides is 1. The summed E-state index contributed by atoms with van der Waals surface area (Å²) in [5, 5.41) is 3.62. The topological polar surface area (TPSA) is 55.4 Å². The van der Waals surface area contributed by atoms with Crippen molar-refractivity contribution in [1.29, 1.82) is 0 Å². The van der Waals surface area contributed by atoms with E-state index in [0.29, 0.717) is 23.1 Å². The molecule has 1 aromatic heterocycles. The fourth-order valence-electron chi connectivity index (χ4n) is 3.67. The molecule has 1 aliphatic rings. The van der Waals surface area contributed by atoms with E-state index < -0.39 is 0 Å². The van der Waals surface area contributed by atoms with Crippen molar-refractivity contribution in [3.05, 3.63) is 44.7 Å². The van der Waals surface area contributed by atoms with Crippen LogP contribution in [0.3, 0.4) is 0 Å². The minimum Gasteiger partial charge on any atom is -0.462 e. The average Bonchev–Trinajstić information content (AvgIpc) is 3.04. The molecule has 0 saturated heterocycles. The summed E-state index contributed by atoms with van der Waals surface area (Å²) in [6.45, 7) is 8.93. The van der Waals surface area contributed by atoms with E-state index in [1.54, 1.807) is 6.92 Å². The Morgan fingerprint density at radius 3 is 2.60 bits per heavy atom. The number of thioether (sulfide) groups is 1. The first-order chi connectivity index (χ1) is 14.2. The van der Waals surface area contributed by atoms with Crippen molar-refractivity contribution in [2.75, 3.05) is 17.7 Å². The molecular weight excluding hydrogens is 482 g/mol. The number of hydrogen-bond acceptors (Lipinski definition) is 5. The highest BCUT2D eigenvalue weighted by Gasteiger charge is 2.34. The smallest absolute Gasteiger partial charge is 0.341 e. The van der Waals surface area contributed by atoms with E-state index >= 15 is 0 Å². The summed E-state index contributed by atoms with van der Waals surface area (Å²) >= 11 is 6.43. The van der Waals surface area contributed by atoms with Gasteiger partial charge in [-0.15, -0.1) is 23.1 Å². The highest BCUT2D eigenvalue weighted by Crippen LogP contribution is 2.44. The first-order valence-electron chi connectivity index (χ1n) is 10.2. The molecule has 30 heavy (non-hydrogen) atoms. The predicted octanol–water partition coefficient (Wildman–Crippen LogP) is 6.57. The first kappa shape index (κ1) is 23.4. The van der Waals surface area contributed by atoms with Gasteiger partial charge < -0.3 is 10.1 Å². The van der Waals surface area contributed by atoms with Crippen LogP contribution in [-0.4, -0.2) is 24.2 Å². The standard InChI is InChI=1S/C23H28BrNO3S2/c1-5-28-22(27)20-17-11-6-14(23(2,3)4)12-18(17)30-21(20)25-19(26)13-29-16-9-7-15(24)8-10-16/h7-10,14H,5-6,11-13H2,1-4H3,(H,25,26)/t14-/m0/s1. The van der Waals surface area contributed by atoms with Crippen LogP contribution in [0, 0.1) is 11.3 Å². The van der Waals surface area contributed by atoms with E-state index in [0.717, 1.165) is 34.2 Å². The van der Waals surface area contributed by atoms with Gasteiger partial charge in [0.2, 0.25) is 5.91 Å². The number of hydrogen-bond donors (Lipinski definition) is 1. The zero-order valence-electron chi connectivity index (χ0n) is 17.8. The van der Waals surface area contributed by atoms with Gasteiger partial charge in [0.15, 0.2) is 0 Å². The van der Waals surface area contributed by atoms with Crippen LogP contribution in [0.25, 0.3) is 0 Å². The second-order valence-electron chi connectivity index (χ2n) is 8.52. The van der Waals surface area contributed by atoms with Crippen LogP contribution in [0.15, 0.2) is 33.6 Å².